The molecule has 0 aliphatic rings. The van der Waals surface area contributed by atoms with Gasteiger partial charge in [0.1, 0.15) is 13.2 Å². The van der Waals surface area contributed by atoms with E-state index in [4.69, 9.17) is 9.05 Å². The van der Waals surface area contributed by atoms with Gasteiger partial charge in [0.25, 0.3) is 7.82 Å². The maximum absolute atomic E-state index is 12.9. The second-order valence-electron chi connectivity index (χ2n) is 18.1. The van der Waals surface area contributed by atoms with Crippen LogP contribution in [0.25, 0.3) is 0 Å². The Balaban J connectivity index is 4.43. The predicted octanol–water partition coefficient (Wildman–Crippen LogP) is 14.6. The number of likely N-dealkylation sites (N-methyl/N-ethyl adjacent to an activating group) is 1. The summed E-state index contributed by atoms with van der Waals surface area (Å²) in [5.74, 6) is -0.231. The van der Waals surface area contributed by atoms with E-state index in [1.165, 1.54) is 57.8 Å². The summed E-state index contributed by atoms with van der Waals surface area (Å²) in [4.78, 5) is 25.4. The Kier molecular flexibility index (Phi) is 44.3. The molecule has 2 N–H and O–H groups in total. The Hall–Kier alpha value is -2.84. The van der Waals surface area contributed by atoms with Gasteiger partial charge >= 0.3 is 0 Å². The van der Waals surface area contributed by atoms with E-state index in [-0.39, 0.29) is 12.5 Å². The summed E-state index contributed by atoms with van der Waals surface area (Å²) in [6, 6.07) is -0.926. The molecule has 9 heteroatoms. The molecule has 3 atom stereocenters. The molecule has 65 heavy (non-hydrogen) atoms. The van der Waals surface area contributed by atoms with Crippen LogP contribution in [0, 0.1) is 0 Å². The molecule has 0 aromatic heterocycles. The highest BCUT2D eigenvalue weighted by Crippen LogP contribution is 2.38. The number of phosphoric ester groups is 1. The topological polar surface area (TPSA) is 108 Å². The van der Waals surface area contributed by atoms with Crippen LogP contribution >= 0.6 is 7.82 Å². The summed E-state index contributed by atoms with van der Waals surface area (Å²) in [6.07, 6.45) is 67.2. The van der Waals surface area contributed by atoms with Crippen molar-refractivity contribution in [2.45, 2.75) is 199 Å². The van der Waals surface area contributed by atoms with Gasteiger partial charge in [-0.25, -0.2) is 0 Å². The lowest BCUT2D eigenvalue weighted by Crippen LogP contribution is -2.45. The molecule has 0 rings (SSSR count). The number of amides is 1. The third-order valence-electron chi connectivity index (χ3n) is 10.7. The lowest BCUT2D eigenvalue weighted by Gasteiger charge is -2.29. The highest BCUT2D eigenvalue weighted by Gasteiger charge is 2.23. The monoisotopic (exact) mass is 925 g/mol. The summed E-state index contributed by atoms with van der Waals surface area (Å²) in [5.41, 5.74) is 0. The van der Waals surface area contributed by atoms with Gasteiger partial charge in [-0.05, 0) is 96.3 Å². The molecule has 0 spiro atoms. The SMILES string of the molecule is CC/C=C\C/C=C\C/C=C\C/C=C\C/C=C\C/C=C\CCCCCCCCC(=O)NC(COP(=O)([O-])OCC[N+](C)(C)C)C(O)/C=C/CC/C=C/CC/C=C/CCCCCCCCCC. The lowest BCUT2D eigenvalue weighted by atomic mass is 10.1. The van der Waals surface area contributed by atoms with Crippen LogP contribution in [0.2, 0.25) is 0 Å². The Morgan fingerprint density at radius 1 is 0.554 bits per heavy atom. The van der Waals surface area contributed by atoms with Gasteiger partial charge in [0.2, 0.25) is 5.91 Å². The van der Waals surface area contributed by atoms with E-state index in [0.29, 0.717) is 17.4 Å². The third kappa shape index (κ3) is 48.9. The third-order valence-corrected chi connectivity index (χ3v) is 11.7. The number of carbonyl (C=O) groups is 1. The summed E-state index contributed by atoms with van der Waals surface area (Å²) in [5, 5.41) is 13.8. The Morgan fingerprint density at radius 3 is 1.43 bits per heavy atom. The first-order valence-electron chi connectivity index (χ1n) is 25.7. The number of aliphatic hydroxyl groups excluding tert-OH is 1. The van der Waals surface area contributed by atoms with Gasteiger partial charge in [-0.1, -0.05) is 194 Å². The van der Waals surface area contributed by atoms with Crippen molar-refractivity contribution in [2.75, 3.05) is 40.9 Å². The van der Waals surface area contributed by atoms with E-state index in [1.807, 2.05) is 27.2 Å². The second kappa shape index (κ2) is 46.3. The van der Waals surface area contributed by atoms with Gasteiger partial charge in [-0.3, -0.25) is 9.36 Å². The number of unbranched alkanes of at least 4 members (excludes halogenated alkanes) is 16. The molecule has 372 valence electrons. The highest BCUT2D eigenvalue weighted by molar-refractivity contribution is 7.45. The molecule has 0 aromatic carbocycles. The van der Waals surface area contributed by atoms with Gasteiger partial charge in [0.15, 0.2) is 0 Å². The van der Waals surface area contributed by atoms with E-state index in [0.717, 1.165) is 109 Å². The van der Waals surface area contributed by atoms with E-state index < -0.39 is 26.6 Å². The molecule has 0 radical (unpaired) electrons. The number of nitrogens with one attached hydrogen (secondary N) is 1. The van der Waals surface area contributed by atoms with Crippen molar-refractivity contribution < 1.29 is 32.9 Å². The zero-order chi connectivity index (χ0) is 47.8. The molecule has 1 amide bonds. The van der Waals surface area contributed by atoms with Gasteiger partial charge in [0.05, 0.1) is 39.9 Å². The number of aliphatic hydroxyl groups is 1. The number of allylic oxidation sites excluding steroid dienone is 17. The van der Waals surface area contributed by atoms with Crippen LogP contribution in [0.5, 0.6) is 0 Å². The van der Waals surface area contributed by atoms with Crippen molar-refractivity contribution >= 4 is 13.7 Å². The van der Waals surface area contributed by atoms with Crippen LogP contribution in [0.4, 0.5) is 0 Å². The number of hydrogen-bond donors (Lipinski definition) is 2. The predicted molar refractivity (Wildman–Crippen MR) is 279 cm³/mol. The van der Waals surface area contributed by atoms with Gasteiger partial charge < -0.3 is 28.8 Å². The normalized spacial score (nSPS) is 15.0. The number of carbonyl (C=O) groups excluding carboxylic acids is 1. The van der Waals surface area contributed by atoms with E-state index in [1.54, 1.807) is 6.08 Å². The molecule has 0 aromatic rings. The smallest absolute Gasteiger partial charge is 0.268 e. The molecule has 0 saturated heterocycles. The lowest BCUT2D eigenvalue weighted by molar-refractivity contribution is -0.870. The van der Waals surface area contributed by atoms with Crippen molar-refractivity contribution in [1.29, 1.82) is 0 Å². The minimum atomic E-state index is -4.62. The highest BCUT2D eigenvalue weighted by atomic mass is 31.2. The van der Waals surface area contributed by atoms with Crippen LogP contribution in [0.3, 0.4) is 0 Å². The number of phosphoric acid groups is 1. The van der Waals surface area contributed by atoms with Crippen molar-refractivity contribution in [3.63, 3.8) is 0 Å². The first kappa shape index (κ1) is 62.2. The zero-order valence-corrected chi connectivity index (χ0v) is 43.0. The number of quaternary nitrogens is 1. The summed E-state index contributed by atoms with van der Waals surface area (Å²) in [7, 11) is 1.20. The van der Waals surface area contributed by atoms with Crippen molar-refractivity contribution in [2.24, 2.45) is 0 Å². The molecular formula is C56H97N2O6P. The quantitative estimate of drug-likeness (QED) is 0.0273. The minimum absolute atomic E-state index is 0.0185. The summed E-state index contributed by atoms with van der Waals surface area (Å²) < 4.78 is 23.2. The first-order chi connectivity index (χ1) is 31.5. The van der Waals surface area contributed by atoms with E-state index in [9.17, 15) is 19.4 Å². The summed E-state index contributed by atoms with van der Waals surface area (Å²) >= 11 is 0. The molecule has 0 heterocycles. The fourth-order valence-electron chi connectivity index (χ4n) is 6.66. The van der Waals surface area contributed by atoms with Crippen LogP contribution in [0.1, 0.15) is 187 Å². The fourth-order valence-corrected chi connectivity index (χ4v) is 7.38. The van der Waals surface area contributed by atoms with E-state index in [2.05, 4.69) is 116 Å². The van der Waals surface area contributed by atoms with Crippen LogP contribution in [-0.4, -0.2) is 68.5 Å². The molecule has 0 saturated carbocycles. The van der Waals surface area contributed by atoms with Gasteiger partial charge in [-0.2, -0.15) is 0 Å². The standard InChI is InChI=1S/C56H97N2O6P/c1-6-8-10-12-14-16-18-20-22-24-26-27-28-29-30-31-32-34-36-38-40-42-44-46-48-50-56(60)57-54(53-64-65(61,62)63-52-51-58(3,4)5)55(59)49-47-45-43-41-39-37-35-33-25-23-21-19-17-15-13-11-9-7-2/h8,10,14,16,20,22,25-27,29-30,32-34,39,41,47,49,54-55,59H,6-7,9,11-13,15,17-19,21,23-24,28,31,35-38,40,42-46,48,50-53H2,1-5H3,(H-,57,60,61,62)/b10-8-,16-14-,22-20-,27-26-,30-29-,33-25+,34-32-,41-39+,49-47+. The van der Waals surface area contributed by atoms with Crippen LogP contribution < -0.4 is 10.2 Å². The van der Waals surface area contributed by atoms with Crippen LogP contribution in [0.15, 0.2) is 109 Å². The second-order valence-corrected chi connectivity index (χ2v) is 19.5. The van der Waals surface area contributed by atoms with Gasteiger partial charge in [-0.15, -0.1) is 0 Å². The number of nitrogens with zero attached hydrogens (tertiary/aromatic N) is 1. The molecule has 0 aliphatic heterocycles. The molecule has 3 unspecified atom stereocenters. The molecular weight excluding hydrogens is 828 g/mol. The first-order valence-corrected chi connectivity index (χ1v) is 27.2. The number of rotatable bonds is 45. The summed E-state index contributed by atoms with van der Waals surface area (Å²) in [6.45, 7) is 4.47. The zero-order valence-electron chi connectivity index (χ0n) is 42.1. The molecule has 0 bridgehead atoms. The molecule has 0 aliphatic carbocycles. The van der Waals surface area contributed by atoms with Crippen molar-refractivity contribution in [3.8, 4) is 0 Å². The van der Waals surface area contributed by atoms with Crippen molar-refractivity contribution in [1.82, 2.24) is 5.32 Å². The Morgan fingerprint density at radius 2 is 0.954 bits per heavy atom. The van der Waals surface area contributed by atoms with Crippen molar-refractivity contribution in [3.05, 3.63) is 109 Å². The Bertz CT molecular complexity index is 1420. The maximum atomic E-state index is 12.9. The number of hydrogen-bond acceptors (Lipinski definition) is 6. The Labute approximate surface area is 400 Å². The minimum Gasteiger partial charge on any atom is -0.756 e. The fraction of sp³-hybridized carbons (Fsp3) is 0.661. The van der Waals surface area contributed by atoms with Gasteiger partial charge in [0, 0.05) is 6.42 Å². The van der Waals surface area contributed by atoms with Crippen LogP contribution in [-0.2, 0) is 18.4 Å². The maximum Gasteiger partial charge on any atom is 0.268 e. The molecule has 8 nitrogen and oxygen atoms in total. The average Bonchev–Trinajstić information content (AvgIpc) is 3.26. The average molecular weight is 925 g/mol. The molecule has 0 fully saturated rings. The largest absolute Gasteiger partial charge is 0.756 e. The van der Waals surface area contributed by atoms with E-state index >= 15 is 0 Å².